The van der Waals surface area contributed by atoms with Crippen molar-refractivity contribution in [1.82, 2.24) is 4.90 Å². The van der Waals surface area contributed by atoms with Gasteiger partial charge in [0, 0.05) is 24.7 Å². The molecule has 2 heterocycles. The van der Waals surface area contributed by atoms with Crippen LogP contribution in [-0.2, 0) is 4.79 Å². The standard InChI is InChI=1S/C12H17NO2/c1-8-3-11-5-12(15)4-9(2)13(11)6-10(8)7-14/h7,10-12,15H,1-6H2. The molecule has 3 unspecified atom stereocenters. The number of hydrogen-bond acceptors (Lipinski definition) is 3. The SMILES string of the molecule is C=C1CC2CC(O)CC(=C)N2CC1C=O. The average Bonchev–Trinajstić information content (AvgIpc) is 2.16. The van der Waals surface area contributed by atoms with Gasteiger partial charge in [0.1, 0.15) is 6.29 Å². The molecule has 0 aromatic rings. The van der Waals surface area contributed by atoms with Crippen molar-refractivity contribution in [3.8, 4) is 0 Å². The number of carbonyl (C=O) groups is 1. The van der Waals surface area contributed by atoms with Gasteiger partial charge in [-0.25, -0.2) is 0 Å². The molecule has 0 aliphatic carbocycles. The maximum Gasteiger partial charge on any atom is 0.128 e. The highest BCUT2D eigenvalue weighted by Crippen LogP contribution is 2.35. The van der Waals surface area contributed by atoms with Gasteiger partial charge in [0.05, 0.1) is 12.0 Å². The molecule has 1 N–H and O–H groups in total. The van der Waals surface area contributed by atoms with Crippen molar-refractivity contribution in [2.75, 3.05) is 6.54 Å². The first-order valence-electron chi connectivity index (χ1n) is 5.37. The minimum absolute atomic E-state index is 0.0618. The smallest absolute Gasteiger partial charge is 0.128 e. The monoisotopic (exact) mass is 207 g/mol. The Kier molecular flexibility index (Phi) is 2.65. The van der Waals surface area contributed by atoms with Crippen molar-refractivity contribution in [1.29, 1.82) is 0 Å². The molecule has 2 rings (SSSR count). The van der Waals surface area contributed by atoms with E-state index in [0.29, 0.717) is 19.0 Å². The maximum atomic E-state index is 10.8. The number of aliphatic hydroxyl groups is 1. The molecule has 3 atom stereocenters. The number of aliphatic hydroxyl groups excluding tert-OH is 1. The predicted molar refractivity (Wildman–Crippen MR) is 58.2 cm³/mol. The highest BCUT2D eigenvalue weighted by molar-refractivity contribution is 5.59. The summed E-state index contributed by atoms with van der Waals surface area (Å²) in [4.78, 5) is 13.0. The Morgan fingerprint density at radius 2 is 2.13 bits per heavy atom. The van der Waals surface area contributed by atoms with Crippen molar-refractivity contribution in [3.63, 3.8) is 0 Å². The zero-order valence-corrected chi connectivity index (χ0v) is 8.85. The van der Waals surface area contributed by atoms with Gasteiger partial charge in [-0.05, 0) is 12.8 Å². The topological polar surface area (TPSA) is 40.5 Å². The fourth-order valence-corrected chi connectivity index (χ4v) is 2.58. The summed E-state index contributed by atoms with van der Waals surface area (Å²) in [6.07, 6.45) is 2.90. The minimum atomic E-state index is -0.278. The molecule has 3 nitrogen and oxygen atoms in total. The molecule has 0 amide bonds. The molecule has 0 bridgehead atoms. The molecule has 0 spiro atoms. The number of rotatable bonds is 1. The van der Waals surface area contributed by atoms with Crippen LogP contribution in [-0.4, -0.2) is 35.0 Å². The van der Waals surface area contributed by atoms with E-state index in [1.165, 1.54) is 0 Å². The van der Waals surface area contributed by atoms with Gasteiger partial charge in [-0.3, -0.25) is 0 Å². The van der Waals surface area contributed by atoms with Crippen molar-refractivity contribution >= 4 is 6.29 Å². The van der Waals surface area contributed by atoms with Crippen LogP contribution < -0.4 is 0 Å². The number of aldehydes is 1. The molecule has 15 heavy (non-hydrogen) atoms. The van der Waals surface area contributed by atoms with Crippen LogP contribution in [0.1, 0.15) is 19.3 Å². The molecule has 0 aromatic heterocycles. The average molecular weight is 207 g/mol. The van der Waals surface area contributed by atoms with E-state index in [1.54, 1.807) is 0 Å². The zero-order chi connectivity index (χ0) is 11.0. The Hall–Kier alpha value is -1.09. The fourth-order valence-electron chi connectivity index (χ4n) is 2.58. The summed E-state index contributed by atoms with van der Waals surface area (Å²) in [5.74, 6) is -0.0618. The summed E-state index contributed by atoms with van der Waals surface area (Å²) in [6.45, 7) is 8.59. The maximum absolute atomic E-state index is 10.8. The van der Waals surface area contributed by atoms with Crippen LogP contribution in [0.5, 0.6) is 0 Å². The normalized spacial score (nSPS) is 36.3. The number of nitrogens with zero attached hydrogens (tertiary/aromatic N) is 1. The fraction of sp³-hybridized carbons (Fsp3) is 0.583. The third-order valence-corrected chi connectivity index (χ3v) is 3.44. The Morgan fingerprint density at radius 1 is 1.40 bits per heavy atom. The van der Waals surface area contributed by atoms with Crippen LogP contribution in [0, 0.1) is 5.92 Å². The van der Waals surface area contributed by atoms with E-state index >= 15 is 0 Å². The number of piperidine rings is 2. The van der Waals surface area contributed by atoms with Crippen molar-refractivity contribution in [2.45, 2.75) is 31.4 Å². The summed E-state index contributed by atoms with van der Waals surface area (Å²) in [5.41, 5.74) is 1.95. The van der Waals surface area contributed by atoms with Crippen LogP contribution in [0.15, 0.2) is 24.4 Å². The van der Waals surface area contributed by atoms with Crippen molar-refractivity contribution in [3.05, 3.63) is 24.4 Å². The lowest BCUT2D eigenvalue weighted by Gasteiger charge is -2.46. The molecule has 2 aliphatic heterocycles. The Balaban J connectivity index is 2.15. The first-order valence-corrected chi connectivity index (χ1v) is 5.37. The van der Waals surface area contributed by atoms with Crippen molar-refractivity contribution < 1.29 is 9.90 Å². The molecule has 3 heteroatoms. The second-order valence-electron chi connectivity index (χ2n) is 4.57. The summed E-state index contributed by atoms with van der Waals surface area (Å²) in [5, 5.41) is 9.64. The van der Waals surface area contributed by atoms with Crippen LogP contribution in [0.4, 0.5) is 0 Å². The second kappa shape index (κ2) is 3.81. The number of carbonyl (C=O) groups excluding carboxylic acids is 1. The van der Waals surface area contributed by atoms with Gasteiger partial charge in [0.2, 0.25) is 0 Å². The molecule has 0 aromatic carbocycles. The lowest BCUT2D eigenvalue weighted by molar-refractivity contribution is -0.111. The van der Waals surface area contributed by atoms with Gasteiger partial charge in [-0.15, -0.1) is 0 Å². The van der Waals surface area contributed by atoms with Gasteiger partial charge in [0.25, 0.3) is 0 Å². The highest BCUT2D eigenvalue weighted by atomic mass is 16.3. The predicted octanol–water partition coefficient (Wildman–Crippen LogP) is 1.10. The zero-order valence-electron chi connectivity index (χ0n) is 8.85. The highest BCUT2D eigenvalue weighted by Gasteiger charge is 2.35. The Morgan fingerprint density at radius 3 is 2.80 bits per heavy atom. The Labute approximate surface area is 90.1 Å². The van der Waals surface area contributed by atoms with E-state index in [1.807, 2.05) is 0 Å². The third kappa shape index (κ3) is 1.84. The molecular weight excluding hydrogens is 190 g/mol. The molecule has 0 saturated carbocycles. The van der Waals surface area contributed by atoms with E-state index in [4.69, 9.17) is 0 Å². The largest absolute Gasteiger partial charge is 0.393 e. The van der Waals surface area contributed by atoms with E-state index in [2.05, 4.69) is 18.1 Å². The lowest BCUT2D eigenvalue weighted by Crippen LogP contribution is -2.48. The second-order valence-corrected chi connectivity index (χ2v) is 4.57. The van der Waals surface area contributed by atoms with Crippen molar-refractivity contribution in [2.24, 2.45) is 5.92 Å². The minimum Gasteiger partial charge on any atom is -0.393 e. The van der Waals surface area contributed by atoms with E-state index in [-0.39, 0.29) is 12.0 Å². The number of hydrogen-bond donors (Lipinski definition) is 1. The van der Waals surface area contributed by atoms with Gasteiger partial charge in [0.15, 0.2) is 0 Å². The van der Waals surface area contributed by atoms with Crippen LogP contribution in [0.2, 0.25) is 0 Å². The molecular formula is C12H17NO2. The van der Waals surface area contributed by atoms with Gasteiger partial charge < -0.3 is 14.8 Å². The quantitative estimate of drug-likeness (QED) is 0.517. The van der Waals surface area contributed by atoms with E-state index < -0.39 is 0 Å². The molecule has 0 radical (unpaired) electrons. The summed E-state index contributed by atoms with van der Waals surface area (Å²) in [6, 6.07) is 0.296. The Bertz CT molecular complexity index is 311. The number of fused-ring (bicyclic) bond motifs is 1. The van der Waals surface area contributed by atoms with Crippen LogP contribution >= 0.6 is 0 Å². The lowest BCUT2D eigenvalue weighted by atomic mass is 9.83. The summed E-state index contributed by atoms with van der Waals surface area (Å²) in [7, 11) is 0. The van der Waals surface area contributed by atoms with Gasteiger partial charge in [-0.2, -0.15) is 0 Å². The molecule has 2 saturated heterocycles. The molecule has 2 fully saturated rings. The third-order valence-electron chi connectivity index (χ3n) is 3.44. The van der Waals surface area contributed by atoms with Gasteiger partial charge in [-0.1, -0.05) is 18.7 Å². The molecule has 82 valence electrons. The van der Waals surface area contributed by atoms with Crippen LogP contribution in [0.25, 0.3) is 0 Å². The van der Waals surface area contributed by atoms with Gasteiger partial charge >= 0.3 is 0 Å². The van der Waals surface area contributed by atoms with E-state index in [9.17, 15) is 9.90 Å². The first kappa shape index (κ1) is 10.4. The molecule has 2 aliphatic rings. The van der Waals surface area contributed by atoms with E-state index in [0.717, 1.165) is 30.4 Å². The van der Waals surface area contributed by atoms with Crippen LogP contribution in [0.3, 0.4) is 0 Å². The summed E-state index contributed by atoms with van der Waals surface area (Å²) < 4.78 is 0. The first-order chi connectivity index (χ1) is 7.11. The summed E-state index contributed by atoms with van der Waals surface area (Å²) >= 11 is 0.